The minimum Gasteiger partial charge on any atom is -0.507 e. The fraction of sp³-hybridized carbons (Fsp3) is 0.250. The van der Waals surface area contributed by atoms with Crippen molar-refractivity contribution in [3.05, 3.63) is 99.3 Å². The molecule has 1 amide bonds. The molecule has 0 bridgehead atoms. The second kappa shape index (κ2) is 9.92. The maximum atomic E-state index is 13.3. The third-order valence-electron chi connectivity index (χ3n) is 6.16. The molecular weight excluding hydrogens is 464 g/mol. The minimum atomic E-state index is -0.804. The molecule has 1 aliphatic heterocycles. The first kappa shape index (κ1) is 24.5. The second-order valence-corrected chi connectivity index (χ2v) is 9.30. The predicted octanol–water partition coefficient (Wildman–Crippen LogP) is 5.80. The van der Waals surface area contributed by atoms with Gasteiger partial charge in [-0.25, -0.2) is 0 Å². The summed E-state index contributed by atoms with van der Waals surface area (Å²) in [5, 5.41) is 11.8. The average molecular weight is 491 g/mol. The van der Waals surface area contributed by atoms with E-state index in [9.17, 15) is 14.7 Å². The summed E-state index contributed by atoms with van der Waals surface area (Å²) in [6.45, 7) is 6.13. The number of halogens is 1. The fourth-order valence-corrected chi connectivity index (χ4v) is 4.73. The third-order valence-corrected chi connectivity index (χ3v) is 6.45. The molecule has 7 heteroatoms. The molecule has 0 aliphatic carbocycles. The number of carbonyl (C=O) groups excluding carboxylic acids is 2. The Bertz CT molecular complexity index is 1300. The van der Waals surface area contributed by atoms with Crippen LogP contribution in [0.15, 0.2) is 66.4 Å². The number of benzene rings is 2. The molecule has 0 radical (unpaired) electrons. The van der Waals surface area contributed by atoms with Gasteiger partial charge in [-0.3, -0.25) is 14.6 Å². The lowest BCUT2D eigenvalue weighted by Crippen LogP contribution is -2.29. The lowest BCUT2D eigenvalue weighted by atomic mass is 9.92. The summed E-state index contributed by atoms with van der Waals surface area (Å²) in [5.41, 5.74) is 3.50. The number of amides is 1. The van der Waals surface area contributed by atoms with Gasteiger partial charge in [0.1, 0.15) is 11.5 Å². The van der Waals surface area contributed by atoms with Crippen molar-refractivity contribution in [1.82, 2.24) is 9.88 Å². The summed E-state index contributed by atoms with van der Waals surface area (Å²) in [6, 6.07) is 15.7. The SMILES string of the molecule is COc1c(Cl)cc(C)cc1/C(O)=C1\C(=O)C(=O)N(Cc2ccccn2)C1c1ccc(C(C)C)cc1. The van der Waals surface area contributed by atoms with Crippen LogP contribution in [0.2, 0.25) is 5.02 Å². The molecule has 1 unspecified atom stereocenters. The highest BCUT2D eigenvalue weighted by atomic mass is 35.5. The Morgan fingerprint density at radius 2 is 1.86 bits per heavy atom. The number of ketones is 1. The van der Waals surface area contributed by atoms with Gasteiger partial charge in [-0.2, -0.15) is 0 Å². The molecule has 2 heterocycles. The van der Waals surface area contributed by atoms with Crippen molar-refractivity contribution in [2.45, 2.75) is 39.3 Å². The van der Waals surface area contributed by atoms with Crippen LogP contribution in [0.3, 0.4) is 0 Å². The zero-order valence-corrected chi connectivity index (χ0v) is 20.8. The lowest BCUT2D eigenvalue weighted by Gasteiger charge is -2.25. The minimum absolute atomic E-state index is 0.0109. The van der Waals surface area contributed by atoms with Crippen molar-refractivity contribution in [2.75, 3.05) is 7.11 Å². The van der Waals surface area contributed by atoms with Gasteiger partial charge in [-0.05, 0) is 53.8 Å². The summed E-state index contributed by atoms with van der Waals surface area (Å²) in [5.74, 6) is -1.24. The van der Waals surface area contributed by atoms with E-state index < -0.39 is 17.7 Å². The van der Waals surface area contributed by atoms with Crippen molar-refractivity contribution >= 4 is 29.1 Å². The van der Waals surface area contributed by atoms with Gasteiger partial charge in [0, 0.05) is 6.20 Å². The third kappa shape index (κ3) is 4.66. The molecule has 180 valence electrons. The van der Waals surface area contributed by atoms with Crippen molar-refractivity contribution in [2.24, 2.45) is 0 Å². The van der Waals surface area contributed by atoms with Crippen LogP contribution >= 0.6 is 11.6 Å². The molecule has 1 fully saturated rings. The first-order chi connectivity index (χ1) is 16.7. The van der Waals surface area contributed by atoms with Crippen molar-refractivity contribution in [1.29, 1.82) is 0 Å². The molecule has 1 aromatic heterocycles. The Balaban J connectivity index is 1.92. The van der Waals surface area contributed by atoms with E-state index in [0.29, 0.717) is 22.2 Å². The summed E-state index contributed by atoms with van der Waals surface area (Å²) < 4.78 is 5.43. The number of methoxy groups -OCH3 is 1. The monoisotopic (exact) mass is 490 g/mol. The van der Waals surface area contributed by atoms with Gasteiger partial charge >= 0.3 is 0 Å². The van der Waals surface area contributed by atoms with E-state index in [2.05, 4.69) is 18.8 Å². The highest BCUT2D eigenvalue weighted by Gasteiger charge is 2.46. The van der Waals surface area contributed by atoms with Crippen LogP contribution in [-0.2, 0) is 16.1 Å². The fourth-order valence-electron chi connectivity index (χ4n) is 4.38. The number of ether oxygens (including phenoxy) is 1. The van der Waals surface area contributed by atoms with Crippen LogP contribution in [0.4, 0.5) is 0 Å². The maximum Gasteiger partial charge on any atom is 0.296 e. The zero-order valence-electron chi connectivity index (χ0n) is 20.1. The van der Waals surface area contributed by atoms with E-state index >= 15 is 0 Å². The normalized spacial score (nSPS) is 17.3. The largest absolute Gasteiger partial charge is 0.507 e. The Labute approximate surface area is 209 Å². The Morgan fingerprint density at radius 1 is 1.14 bits per heavy atom. The number of aryl methyl sites for hydroxylation is 1. The van der Waals surface area contributed by atoms with Gasteiger partial charge in [-0.15, -0.1) is 0 Å². The Kier molecular flexibility index (Phi) is 6.94. The van der Waals surface area contributed by atoms with Crippen molar-refractivity contribution < 1.29 is 19.4 Å². The second-order valence-electron chi connectivity index (χ2n) is 8.90. The summed E-state index contributed by atoms with van der Waals surface area (Å²) in [6.07, 6.45) is 1.64. The predicted molar refractivity (Wildman–Crippen MR) is 135 cm³/mol. The van der Waals surface area contributed by atoms with Crippen LogP contribution in [0.5, 0.6) is 5.75 Å². The lowest BCUT2D eigenvalue weighted by molar-refractivity contribution is -0.140. The van der Waals surface area contributed by atoms with E-state index in [4.69, 9.17) is 16.3 Å². The van der Waals surface area contributed by atoms with Gasteiger partial charge < -0.3 is 14.7 Å². The van der Waals surface area contributed by atoms with Crippen molar-refractivity contribution in [3.63, 3.8) is 0 Å². The molecule has 1 saturated heterocycles. The molecular formula is C28H27ClN2O4. The number of aliphatic hydroxyl groups excluding tert-OH is 1. The quantitative estimate of drug-likeness (QED) is 0.268. The number of hydrogen-bond acceptors (Lipinski definition) is 5. The first-order valence-corrected chi connectivity index (χ1v) is 11.7. The number of carbonyl (C=O) groups is 2. The number of aromatic nitrogens is 1. The number of nitrogens with zero attached hydrogens (tertiary/aromatic N) is 2. The van der Waals surface area contributed by atoms with Gasteiger partial charge in [0.15, 0.2) is 0 Å². The Hall–Kier alpha value is -3.64. The van der Waals surface area contributed by atoms with E-state index in [1.807, 2.05) is 37.3 Å². The van der Waals surface area contributed by atoms with E-state index in [0.717, 1.165) is 11.1 Å². The highest BCUT2D eigenvalue weighted by molar-refractivity contribution is 6.46. The van der Waals surface area contributed by atoms with E-state index in [1.54, 1.807) is 30.5 Å². The topological polar surface area (TPSA) is 79.7 Å². The summed E-state index contributed by atoms with van der Waals surface area (Å²) >= 11 is 6.36. The van der Waals surface area contributed by atoms with Gasteiger partial charge in [0.25, 0.3) is 11.7 Å². The molecule has 0 saturated carbocycles. The summed E-state index contributed by atoms with van der Waals surface area (Å²) in [4.78, 5) is 32.4. The number of pyridine rings is 1. The maximum absolute atomic E-state index is 13.3. The first-order valence-electron chi connectivity index (χ1n) is 11.4. The highest BCUT2D eigenvalue weighted by Crippen LogP contribution is 2.43. The van der Waals surface area contributed by atoms with Gasteiger partial charge in [0.2, 0.25) is 0 Å². The van der Waals surface area contributed by atoms with Crippen LogP contribution in [0, 0.1) is 6.92 Å². The van der Waals surface area contributed by atoms with Crippen LogP contribution in [0.25, 0.3) is 5.76 Å². The number of hydrogen-bond donors (Lipinski definition) is 1. The molecule has 2 aromatic carbocycles. The zero-order chi connectivity index (χ0) is 25.3. The number of rotatable bonds is 6. The van der Waals surface area contributed by atoms with Crippen LogP contribution < -0.4 is 4.74 Å². The molecule has 4 rings (SSSR count). The molecule has 0 spiro atoms. The van der Waals surface area contributed by atoms with Gasteiger partial charge in [-0.1, -0.05) is 55.8 Å². The molecule has 1 N–H and O–H groups in total. The van der Waals surface area contributed by atoms with Crippen molar-refractivity contribution in [3.8, 4) is 5.75 Å². The van der Waals surface area contributed by atoms with Gasteiger partial charge in [0.05, 0.1) is 41.5 Å². The van der Waals surface area contributed by atoms with E-state index in [1.165, 1.54) is 12.0 Å². The molecule has 1 atom stereocenters. The summed E-state index contributed by atoms with van der Waals surface area (Å²) in [7, 11) is 1.44. The number of aliphatic hydroxyl groups is 1. The van der Waals surface area contributed by atoms with E-state index in [-0.39, 0.29) is 29.2 Å². The molecule has 1 aliphatic rings. The molecule has 3 aromatic rings. The number of likely N-dealkylation sites (tertiary alicyclic amines) is 1. The standard InChI is InChI=1S/C28H27ClN2O4/c1-16(2)18-8-10-19(11-9-18)24-23(25(32)21-13-17(3)14-22(29)27(21)35-4)26(33)28(34)31(24)15-20-7-5-6-12-30-20/h5-14,16,24,32H,15H2,1-4H3/b25-23+. The smallest absolute Gasteiger partial charge is 0.296 e. The van der Waals surface area contributed by atoms with Crippen LogP contribution in [-0.4, -0.2) is 33.8 Å². The molecule has 35 heavy (non-hydrogen) atoms. The molecule has 6 nitrogen and oxygen atoms in total. The Morgan fingerprint density at radius 3 is 2.46 bits per heavy atom. The van der Waals surface area contributed by atoms with Crippen LogP contribution in [0.1, 0.15) is 53.8 Å². The average Bonchev–Trinajstić information content (AvgIpc) is 3.08. The number of Topliss-reactive ketones (excluding diaryl/α,β-unsaturated/α-hetero) is 1.